The Kier molecular flexibility index (Phi) is 7.62. The zero-order chi connectivity index (χ0) is 24.3. The summed E-state index contributed by atoms with van der Waals surface area (Å²) in [6.07, 6.45) is 4.55. The maximum atomic E-state index is 14.0. The van der Waals surface area contributed by atoms with E-state index < -0.39 is 41.3 Å². The molecule has 0 bridgehead atoms. The van der Waals surface area contributed by atoms with Crippen LogP contribution < -0.4 is 5.32 Å². The van der Waals surface area contributed by atoms with Gasteiger partial charge >= 0.3 is 5.97 Å². The fourth-order valence-corrected chi connectivity index (χ4v) is 5.20. The molecule has 1 saturated heterocycles. The fraction of sp³-hybridized carbons (Fsp3) is 0.577. The Balaban J connectivity index is 2.11. The highest BCUT2D eigenvalue weighted by molar-refractivity contribution is 5.96. The second-order valence-electron chi connectivity index (χ2n) is 9.88. The number of allylic oxidation sites excluding steroid dienone is 1. The van der Waals surface area contributed by atoms with Crippen molar-refractivity contribution in [3.05, 3.63) is 48.0 Å². The maximum absolute atomic E-state index is 14.0. The molecule has 33 heavy (non-hydrogen) atoms. The van der Waals surface area contributed by atoms with Crippen molar-refractivity contribution in [2.45, 2.75) is 58.7 Å². The van der Waals surface area contributed by atoms with Crippen molar-refractivity contribution in [1.82, 2.24) is 10.2 Å². The molecule has 0 unspecified atom stereocenters. The van der Waals surface area contributed by atoms with E-state index in [4.69, 9.17) is 4.74 Å². The van der Waals surface area contributed by atoms with Crippen LogP contribution in [0.25, 0.3) is 0 Å². The van der Waals surface area contributed by atoms with Crippen molar-refractivity contribution >= 4 is 17.8 Å². The van der Waals surface area contributed by atoms with E-state index in [0.29, 0.717) is 6.42 Å². The molecule has 7 nitrogen and oxygen atoms in total. The van der Waals surface area contributed by atoms with Crippen LogP contribution in [0.2, 0.25) is 0 Å². The van der Waals surface area contributed by atoms with Crippen molar-refractivity contribution in [2.24, 2.45) is 23.7 Å². The first-order valence-corrected chi connectivity index (χ1v) is 11.8. The molecule has 1 aliphatic heterocycles. The number of aliphatic hydroxyl groups is 1. The van der Waals surface area contributed by atoms with E-state index in [1.54, 1.807) is 6.92 Å². The number of carbonyl (C=O) groups excluding carboxylic acids is 3. The number of ether oxygens (including phenoxy) is 1. The standard InChI is InChI=1S/C26H36N2O5/c1-6-16-13-14-18-21(20(16)25(32)33-7-2)24(31)28(22(18)23(30)27-26(3,4)5)19(15-29)17-11-9-8-10-12-17/h8-14,16,18-22,29H,6-7,15H2,1-5H3,(H,27,30)/t16-,18+,19-,20-,21+,22+/m1/s1. The molecule has 2 N–H and O–H groups in total. The van der Waals surface area contributed by atoms with Crippen molar-refractivity contribution in [3.63, 3.8) is 0 Å². The van der Waals surface area contributed by atoms with Gasteiger partial charge < -0.3 is 20.1 Å². The number of benzene rings is 1. The number of rotatable bonds is 7. The van der Waals surface area contributed by atoms with Gasteiger partial charge in [-0.05, 0) is 45.6 Å². The Bertz CT molecular complexity index is 892. The molecule has 1 heterocycles. The van der Waals surface area contributed by atoms with Gasteiger partial charge in [0.1, 0.15) is 6.04 Å². The van der Waals surface area contributed by atoms with Crippen LogP contribution in [-0.4, -0.2) is 52.6 Å². The molecule has 1 aromatic rings. The molecule has 6 atom stereocenters. The lowest BCUT2D eigenvalue weighted by Crippen LogP contribution is -2.53. The topological polar surface area (TPSA) is 95.9 Å². The summed E-state index contributed by atoms with van der Waals surface area (Å²) in [5, 5.41) is 13.4. The van der Waals surface area contributed by atoms with Gasteiger partial charge in [-0.2, -0.15) is 0 Å². The van der Waals surface area contributed by atoms with Gasteiger partial charge in [0.05, 0.1) is 31.1 Å². The van der Waals surface area contributed by atoms with Gasteiger partial charge in [0.15, 0.2) is 0 Å². The van der Waals surface area contributed by atoms with Crippen LogP contribution >= 0.6 is 0 Å². The Labute approximate surface area is 196 Å². The number of nitrogens with zero attached hydrogens (tertiary/aromatic N) is 1. The number of esters is 1. The highest BCUT2D eigenvalue weighted by atomic mass is 16.5. The van der Waals surface area contributed by atoms with Crippen molar-refractivity contribution in [3.8, 4) is 0 Å². The molecule has 1 aliphatic carbocycles. The molecule has 180 valence electrons. The van der Waals surface area contributed by atoms with Crippen molar-refractivity contribution in [1.29, 1.82) is 0 Å². The minimum absolute atomic E-state index is 0.148. The molecule has 0 spiro atoms. The summed E-state index contributed by atoms with van der Waals surface area (Å²) in [5.41, 5.74) is 0.236. The van der Waals surface area contributed by atoms with Gasteiger partial charge in [0.2, 0.25) is 11.8 Å². The number of aliphatic hydroxyl groups excluding tert-OH is 1. The molecule has 0 saturated carbocycles. The van der Waals surface area contributed by atoms with Crippen LogP contribution in [0.3, 0.4) is 0 Å². The summed E-state index contributed by atoms with van der Waals surface area (Å²) in [6.45, 7) is 9.26. The second-order valence-corrected chi connectivity index (χ2v) is 9.88. The molecular weight excluding hydrogens is 420 g/mol. The molecule has 3 rings (SSSR count). The third-order valence-electron chi connectivity index (χ3n) is 6.54. The monoisotopic (exact) mass is 456 g/mol. The first kappa shape index (κ1) is 25.0. The predicted octanol–water partition coefficient (Wildman–Crippen LogP) is 2.85. The predicted molar refractivity (Wildman–Crippen MR) is 125 cm³/mol. The number of amides is 2. The minimum Gasteiger partial charge on any atom is -0.466 e. The van der Waals surface area contributed by atoms with E-state index in [-0.39, 0.29) is 30.9 Å². The van der Waals surface area contributed by atoms with Crippen LogP contribution in [0.5, 0.6) is 0 Å². The van der Waals surface area contributed by atoms with Crippen molar-refractivity contribution in [2.75, 3.05) is 13.2 Å². The average Bonchev–Trinajstić information content (AvgIpc) is 3.06. The lowest BCUT2D eigenvalue weighted by molar-refractivity contribution is -0.156. The van der Waals surface area contributed by atoms with Crippen LogP contribution in [0.15, 0.2) is 42.5 Å². The summed E-state index contributed by atoms with van der Waals surface area (Å²) in [6, 6.07) is 7.67. The van der Waals surface area contributed by atoms with Crippen LogP contribution in [0.1, 0.15) is 52.6 Å². The molecular formula is C26H36N2O5. The average molecular weight is 457 g/mol. The van der Waals surface area contributed by atoms with Gasteiger partial charge in [-0.1, -0.05) is 49.4 Å². The molecule has 0 radical (unpaired) electrons. The molecule has 1 fully saturated rings. The number of fused-ring (bicyclic) bond motifs is 1. The smallest absolute Gasteiger partial charge is 0.310 e. The zero-order valence-electron chi connectivity index (χ0n) is 20.2. The van der Waals surface area contributed by atoms with Gasteiger partial charge in [-0.15, -0.1) is 0 Å². The van der Waals surface area contributed by atoms with Crippen LogP contribution in [-0.2, 0) is 19.1 Å². The highest BCUT2D eigenvalue weighted by Crippen LogP contribution is 2.47. The summed E-state index contributed by atoms with van der Waals surface area (Å²) in [7, 11) is 0. The third kappa shape index (κ3) is 4.98. The largest absolute Gasteiger partial charge is 0.466 e. The Morgan fingerprint density at radius 1 is 1.15 bits per heavy atom. The second kappa shape index (κ2) is 10.1. The lowest BCUT2D eigenvalue weighted by Gasteiger charge is -2.35. The minimum atomic E-state index is -0.843. The zero-order valence-corrected chi connectivity index (χ0v) is 20.2. The maximum Gasteiger partial charge on any atom is 0.310 e. The summed E-state index contributed by atoms with van der Waals surface area (Å²) >= 11 is 0. The number of nitrogens with one attached hydrogen (secondary N) is 1. The normalized spacial score (nSPS) is 27.8. The van der Waals surface area contributed by atoms with Crippen molar-refractivity contribution < 1.29 is 24.2 Å². The molecule has 2 aliphatic rings. The van der Waals surface area contributed by atoms with Crippen LogP contribution in [0.4, 0.5) is 0 Å². The number of likely N-dealkylation sites (tertiary alicyclic amines) is 1. The van der Waals surface area contributed by atoms with Gasteiger partial charge in [0, 0.05) is 11.5 Å². The molecule has 2 amide bonds. The lowest BCUT2D eigenvalue weighted by atomic mass is 9.69. The Hall–Kier alpha value is -2.67. The van der Waals surface area contributed by atoms with E-state index in [2.05, 4.69) is 5.32 Å². The molecule has 1 aromatic carbocycles. The first-order chi connectivity index (χ1) is 15.6. The third-order valence-corrected chi connectivity index (χ3v) is 6.54. The Morgan fingerprint density at radius 2 is 1.82 bits per heavy atom. The SMILES string of the molecule is CCOC(=O)[C@H]1[C@H]2C(=O)N([C@H](CO)c3ccccc3)[C@H](C(=O)NC(C)(C)C)[C@H]2C=C[C@H]1CC. The summed E-state index contributed by atoms with van der Waals surface area (Å²) < 4.78 is 5.36. The number of hydrogen-bond donors (Lipinski definition) is 2. The van der Waals surface area contributed by atoms with E-state index in [1.807, 2.05) is 70.2 Å². The van der Waals surface area contributed by atoms with E-state index >= 15 is 0 Å². The van der Waals surface area contributed by atoms with Gasteiger partial charge in [0.25, 0.3) is 0 Å². The number of carbonyl (C=O) groups is 3. The summed E-state index contributed by atoms with van der Waals surface area (Å²) in [5.74, 6) is -3.01. The van der Waals surface area contributed by atoms with E-state index in [1.165, 1.54) is 4.90 Å². The fourth-order valence-electron chi connectivity index (χ4n) is 5.20. The van der Waals surface area contributed by atoms with Gasteiger partial charge in [-0.25, -0.2) is 0 Å². The highest BCUT2D eigenvalue weighted by Gasteiger charge is 2.59. The van der Waals surface area contributed by atoms with E-state index in [0.717, 1.165) is 5.56 Å². The first-order valence-electron chi connectivity index (χ1n) is 11.8. The quantitative estimate of drug-likeness (QED) is 0.486. The summed E-state index contributed by atoms with van der Waals surface area (Å²) in [4.78, 5) is 42.0. The molecule has 0 aromatic heterocycles. The molecule has 7 heteroatoms. The van der Waals surface area contributed by atoms with Gasteiger partial charge in [-0.3, -0.25) is 14.4 Å². The van der Waals surface area contributed by atoms with E-state index in [9.17, 15) is 19.5 Å². The number of hydrogen-bond acceptors (Lipinski definition) is 5. The van der Waals surface area contributed by atoms with Crippen LogP contribution in [0, 0.1) is 23.7 Å². The Morgan fingerprint density at radius 3 is 2.36 bits per heavy atom.